The number of carbonyl (C=O) groups is 4. The molecule has 1 aromatic carbocycles. The SMILES string of the molecule is CN[C@@H](C(=O)C(F)(F)F)[C@H](C[C@@H]1CCCNC1=O)NC(=O)[C@H](CC(C)C)NC(=O)/C=C/c1ccc(Cl)cc1. The summed E-state index contributed by atoms with van der Waals surface area (Å²) in [6.07, 6.45) is -1.33. The van der Waals surface area contributed by atoms with E-state index >= 15 is 0 Å². The number of Topliss-reactive ketones (excluding diaryl/α,β-unsaturated/α-hetero) is 1. The van der Waals surface area contributed by atoms with E-state index in [1.807, 2.05) is 13.8 Å². The zero-order valence-corrected chi connectivity index (χ0v) is 22.3. The molecule has 12 heteroatoms. The topological polar surface area (TPSA) is 116 Å². The van der Waals surface area contributed by atoms with Crippen molar-refractivity contribution in [3.8, 4) is 0 Å². The lowest BCUT2D eigenvalue weighted by Gasteiger charge is -2.33. The molecule has 4 atom stereocenters. The van der Waals surface area contributed by atoms with Crippen LogP contribution in [-0.2, 0) is 19.2 Å². The molecule has 1 heterocycles. The molecule has 1 fully saturated rings. The number of benzene rings is 1. The van der Waals surface area contributed by atoms with Crippen LogP contribution in [0.5, 0.6) is 0 Å². The van der Waals surface area contributed by atoms with Gasteiger partial charge in [-0.25, -0.2) is 0 Å². The van der Waals surface area contributed by atoms with Gasteiger partial charge in [-0.1, -0.05) is 37.6 Å². The zero-order valence-electron chi connectivity index (χ0n) is 21.5. The minimum absolute atomic E-state index is 0.0502. The molecule has 2 rings (SSSR count). The van der Waals surface area contributed by atoms with E-state index in [1.54, 1.807) is 24.3 Å². The van der Waals surface area contributed by atoms with Crippen LogP contribution in [0.1, 0.15) is 45.1 Å². The predicted molar refractivity (Wildman–Crippen MR) is 138 cm³/mol. The van der Waals surface area contributed by atoms with Crippen molar-refractivity contribution in [1.29, 1.82) is 0 Å². The highest BCUT2D eigenvalue weighted by atomic mass is 35.5. The lowest BCUT2D eigenvalue weighted by molar-refractivity contribution is -0.174. The first-order valence-electron chi connectivity index (χ1n) is 12.4. The molecule has 1 aliphatic heterocycles. The summed E-state index contributed by atoms with van der Waals surface area (Å²) in [5.74, 6) is -4.46. The molecule has 38 heavy (non-hydrogen) atoms. The van der Waals surface area contributed by atoms with E-state index < -0.39 is 47.8 Å². The third-order valence-corrected chi connectivity index (χ3v) is 6.43. The first kappa shape index (κ1) is 31.3. The van der Waals surface area contributed by atoms with Crippen LogP contribution in [0.2, 0.25) is 5.02 Å². The van der Waals surface area contributed by atoms with Crippen molar-refractivity contribution >= 4 is 41.2 Å². The molecule has 0 spiro atoms. The fourth-order valence-electron chi connectivity index (χ4n) is 4.29. The maximum absolute atomic E-state index is 13.3. The van der Waals surface area contributed by atoms with Gasteiger partial charge < -0.3 is 21.3 Å². The van der Waals surface area contributed by atoms with Crippen molar-refractivity contribution in [2.75, 3.05) is 13.6 Å². The largest absolute Gasteiger partial charge is 0.451 e. The highest BCUT2D eigenvalue weighted by Gasteiger charge is 2.47. The van der Waals surface area contributed by atoms with Crippen LogP contribution in [0, 0.1) is 11.8 Å². The Morgan fingerprint density at radius 3 is 2.37 bits per heavy atom. The standard InChI is InChI=1S/C26H34ClF3N4O4/c1-15(2)13-20(33-21(35)11-8-16-6-9-18(27)10-7-16)25(38)34-19(14-17-5-4-12-32-24(17)37)22(31-3)23(36)26(28,29)30/h6-11,15,17,19-20,22,31H,4-5,12-14H2,1-3H3,(H,32,37)(H,33,35)(H,34,38)/b11-8+/t17-,19-,20-,22+/m0/s1. The summed E-state index contributed by atoms with van der Waals surface area (Å²) in [5.41, 5.74) is 0.697. The molecule has 1 aromatic rings. The van der Waals surface area contributed by atoms with Crippen LogP contribution in [0.15, 0.2) is 30.3 Å². The Morgan fingerprint density at radius 2 is 1.82 bits per heavy atom. The van der Waals surface area contributed by atoms with Crippen molar-refractivity contribution in [2.45, 2.75) is 63.8 Å². The molecular weight excluding hydrogens is 525 g/mol. The second-order valence-corrected chi connectivity index (χ2v) is 10.1. The minimum Gasteiger partial charge on any atom is -0.356 e. The van der Waals surface area contributed by atoms with E-state index in [0.29, 0.717) is 30.0 Å². The minimum atomic E-state index is -5.15. The van der Waals surface area contributed by atoms with Gasteiger partial charge in [0.15, 0.2) is 0 Å². The summed E-state index contributed by atoms with van der Waals surface area (Å²) in [4.78, 5) is 50.3. The van der Waals surface area contributed by atoms with E-state index in [2.05, 4.69) is 21.3 Å². The van der Waals surface area contributed by atoms with Crippen LogP contribution < -0.4 is 21.3 Å². The maximum Gasteiger partial charge on any atom is 0.451 e. The van der Waals surface area contributed by atoms with Crippen molar-refractivity contribution in [2.24, 2.45) is 11.8 Å². The van der Waals surface area contributed by atoms with Crippen LogP contribution in [0.3, 0.4) is 0 Å². The molecule has 0 aromatic heterocycles. The molecular formula is C26H34ClF3N4O4. The number of rotatable bonds is 12. The van der Waals surface area contributed by atoms with Crippen LogP contribution in [0.4, 0.5) is 13.2 Å². The summed E-state index contributed by atoms with van der Waals surface area (Å²) in [7, 11) is 1.18. The number of amides is 3. The molecule has 3 amide bonds. The smallest absolute Gasteiger partial charge is 0.356 e. The van der Waals surface area contributed by atoms with Crippen molar-refractivity contribution < 1.29 is 32.3 Å². The highest BCUT2D eigenvalue weighted by molar-refractivity contribution is 6.30. The molecule has 4 N–H and O–H groups in total. The molecule has 0 bridgehead atoms. The average molecular weight is 559 g/mol. The fraction of sp³-hybridized carbons (Fsp3) is 0.538. The second-order valence-electron chi connectivity index (χ2n) is 9.68. The average Bonchev–Trinajstić information content (AvgIpc) is 2.84. The van der Waals surface area contributed by atoms with Crippen molar-refractivity contribution in [1.82, 2.24) is 21.3 Å². The van der Waals surface area contributed by atoms with Crippen molar-refractivity contribution in [3.05, 3.63) is 40.9 Å². The molecule has 0 aliphatic carbocycles. The summed E-state index contributed by atoms with van der Waals surface area (Å²) >= 11 is 5.86. The van der Waals surface area contributed by atoms with Gasteiger partial charge in [0.1, 0.15) is 6.04 Å². The Hall–Kier alpha value is -2.92. The first-order chi connectivity index (χ1) is 17.8. The van der Waals surface area contributed by atoms with Crippen molar-refractivity contribution in [3.63, 3.8) is 0 Å². The predicted octanol–water partition coefficient (Wildman–Crippen LogP) is 3.00. The molecule has 1 aliphatic rings. The Kier molecular flexibility index (Phi) is 11.8. The van der Waals surface area contributed by atoms with Gasteiger partial charge >= 0.3 is 6.18 Å². The van der Waals surface area contributed by atoms with Crippen LogP contribution in [-0.4, -0.2) is 61.4 Å². The number of halogens is 4. The number of hydrogen-bond acceptors (Lipinski definition) is 5. The van der Waals surface area contributed by atoms with Crippen LogP contribution >= 0.6 is 11.6 Å². The second kappa shape index (κ2) is 14.3. The van der Waals surface area contributed by atoms with Gasteiger partial charge in [-0.3, -0.25) is 19.2 Å². The highest BCUT2D eigenvalue weighted by Crippen LogP contribution is 2.24. The van der Waals surface area contributed by atoms with Gasteiger partial charge in [0.25, 0.3) is 5.78 Å². The monoisotopic (exact) mass is 558 g/mol. The Morgan fingerprint density at radius 1 is 1.16 bits per heavy atom. The molecule has 0 unspecified atom stereocenters. The number of hydrogen-bond donors (Lipinski definition) is 4. The fourth-order valence-corrected chi connectivity index (χ4v) is 4.41. The molecule has 8 nitrogen and oxygen atoms in total. The number of carbonyl (C=O) groups excluding carboxylic acids is 4. The molecule has 210 valence electrons. The zero-order chi connectivity index (χ0) is 28.5. The van der Waals surface area contributed by atoms with E-state index in [4.69, 9.17) is 11.6 Å². The normalized spacial score (nSPS) is 18.5. The Balaban J connectivity index is 2.23. The number of piperidine rings is 1. The van der Waals surface area contributed by atoms with Gasteiger partial charge in [-0.2, -0.15) is 13.2 Å². The van der Waals surface area contributed by atoms with Crippen LogP contribution in [0.25, 0.3) is 6.08 Å². The third kappa shape index (κ3) is 9.75. The quantitative estimate of drug-likeness (QED) is 0.294. The third-order valence-electron chi connectivity index (χ3n) is 6.18. The van der Waals surface area contributed by atoms with Gasteiger partial charge in [0, 0.05) is 23.6 Å². The van der Waals surface area contributed by atoms with Gasteiger partial charge in [0.2, 0.25) is 17.7 Å². The van der Waals surface area contributed by atoms with Gasteiger partial charge in [0.05, 0.1) is 12.1 Å². The van der Waals surface area contributed by atoms with E-state index in [-0.39, 0.29) is 24.7 Å². The molecule has 0 saturated carbocycles. The number of ketones is 1. The molecule has 1 saturated heterocycles. The van der Waals surface area contributed by atoms with E-state index in [0.717, 1.165) is 0 Å². The number of nitrogens with one attached hydrogen (secondary N) is 4. The Bertz CT molecular complexity index is 1010. The van der Waals surface area contributed by atoms with Gasteiger partial charge in [-0.05, 0) is 62.4 Å². The first-order valence-corrected chi connectivity index (χ1v) is 12.8. The summed E-state index contributed by atoms with van der Waals surface area (Å²) in [6.45, 7) is 4.10. The van der Waals surface area contributed by atoms with E-state index in [9.17, 15) is 32.3 Å². The number of likely N-dealkylation sites (N-methyl/N-ethyl adjacent to an activating group) is 1. The lowest BCUT2D eigenvalue weighted by atomic mass is 9.87. The molecule has 0 radical (unpaired) electrons. The maximum atomic E-state index is 13.3. The number of alkyl halides is 3. The summed E-state index contributed by atoms with van der Waals surface area (Å²) in [5, 5.41) is 10.7. The van der Waals surface area contributed by atoms with Gasteiger partial charge in [-0.15, -0.1) is 0 Å². The summed E-state index contributed by atoms with van der Waals surface area (Å²) < 4.78 is 40.0. The summed E-state index contributed by atoms with van der Waals surface area (Å²) in [6, 6.07) is 2.47. The Labute approximate surface area is 225 Å². The van der Waals surface area contributed by atoms with E-state index in [1.165, 1.54) is 19.2 Å². The lowest BCUT2D eigenvalue weighted by Crippen LogP contribution is -2.60.